The summed E-state index contributed by atoms with van der Waals surface area (Å²) in [6.07, 6.45) is 4.37. The first-order valence-electron chi connectivity index (χ1n) is 7.65. The van der Waals surface area contributed by atoms with Crippen molar-refractivity contribution in [2.45, 2.75) is 32.4 Å². The lowest BCUT2D eigenvalue weighted by molar-refractivity contribution is 0.114. The summed E-state index contributed by atoms with van der Waals surface area (Å²) in [6.45, 7) is 5.17. The average molecular weight is 348 g/mol. The molecule has 0 bridgehead atoms. The van der Waals surface area contributed by atoms with Crippen molar-refractivity contribution >= 4 is 26.8 Å². The summed E-state index contributed by atoms with van der Waals surface area (Å²) in [5.41, 5.74) is 8.28. The molecule has 1 aliphatic rings. The highest BCUT2D eigenvalue weighted by Gasteiger charge is 2.25. The Bertz CT molecular complexity index is 628. The molecule has 21 heavy (non-hydrogen) atoms. The van der Waals surface area contributed by atoms with Gasteiger partial charge in [-0.05, 0) is 49.9 Å². The van der Waals surface area contributed by atoms with E-state index in [2.05, 4.69) is 50.9 Å². The van der Waals surface area contributed by atoms with E-state index >= 15 is 0 Å². The van der Waals surface area contributed by atoms with E-state index in [0.717, 1.165) is 29.6 Å². The Balaban J connectivity index is 1.89. The van der Waals surface area contributed by atoms with Gasteiger partial charge in [0.2, 0.25) is 0 Å². The molecule has 2 unspecified atom stereocenters. The summed E-state index contributed by atoms with van der Waals surface area (Å²) in [6, 6.07) is 9.06. The first-order chi connectivity index (χ1) is 10.2. The standard InChI is InChI=1S/C17H22BrN3/c1-12-4-5-13(9-19)10-21(12)11-14-6-7-16(18)15-3-2-8-20-17(14)15/h2-3,6-8,12-13H,4-5,9-11,19H2,1H3. The van der Waals surface area contributed by atoms with Gasteiger partial charge in [-0.2, -0.15) is 0 Å². The lowest BCUT2D eigenvalue weighted by Crippen LogP contribution is -2.43. The van der Waals surface area contributed by atoms with Crippen LogP contribution in [-0.4, -0.2) is 29.0 Å². The van der Waals surface area contributed by atoms with Crippen LogP contribution in [0.4, 0.5) is 0 Å². The van der Waals surface area contributed by atoms with Crippen LogP contribution < -0.4 is 5.73 Å². The Morgan fingerprint density at radius 2 is 2.19 bits per heavy atom. The van der Waals surface area contributed by atoms with Crippen molar-refractivity contribution in [2.75, 3.05) is 13.1 Å². The van der Waals surface area contributed by atoms with Crippen molar-refractivity contribution in [3.8, 4) is 0 Å². The molecule has 3 rings (SSSR count). The van der Waals surface area contributed by atoms with Crippen LogP contribution in [-0.2, 0) is 6.54 Å². The molecule has 3 nitrogen and oxygen atoms in total. The molecule has 2 heterocycles. The third kappa shape index (κ3) is 3.12. The average Bonchev–Trinajstić information content (AvgIpc) is 2.52. The summed E-state index contributed by atoms with van der Waals surface area (Å²) in [7, 11) is 0. The largest absolute Gasteiger partial charge is 0.330 e. The van der Waals surface area contributed by atoms with Gasteiger partial charge in [0, 0.05) is 35.2 Å². The van der Waals surface area contributed by atoms with Gasteiger partial charge >= 0.3 is 0 Å². The number of hydrogen-bond acceptors (Lipinski definition) is 3. The third-order valence-electron chi connectivity index (χ3n) is 4.62. The molecule has 0 spiro atoms. The summed E-state index contributed by atoms with van der Waals surface area (Å²) in [4.78, 5) is 7.14. The van der Waals surface area contributed by atoms with Crippen molar-refractivity contribution in [2.24, 2.45) is 11.7 Å². The van der Waals surface area contributed by atoms with E-state index < -0.39 is 0 Å². The van der Waals surface area contributed by atoms with Crippen LogP contribution in [0.3, 0.4) is 0 Å². The maximum absolute atomic E-state index is 5.87. The van der Waals surface area contributed by atoms with Crippen molar-refractivity contribution in [3.05, 3.63) is 40.5 Å². The van der Waals surface area contributed by atoms with Gasteiger partial charge in [-0.1, -0.05) is 28.1 Å². The number of rotatable bonds is 3. The first kappa shape index (κ1) is 14.9. The van der Waals surface area contributed by atoms with E-state index in [1.54, 1.807) is 0 Å². The molecular weight excluding hydrogens is 326 g/mol. The van der Waals surface area contributed by atoms with E-state index in [9.17, 15) is 0 Å². The molecule has 1 aromatic carbocycles. The molecule has 2 atom stereocenters. The van der Waals surface area contributed by atoms with Gasteiger partial charge in [-0.3, -0.25) is 9.88 Å². The molecule has 0 saturated carbocycles. The molecular formula is C17H22BrN3. The van der Waals surface area contributed by atoms with Crippen LogP contribution in [0.5, 0.6) is 0 Å². The van der Waals surface area contributed by atoms with Crippen molar-refractivity contribution in [3.63, 3.8) is 0 Å². The van der Waals surface area contributed by atoms with Crippen LogP contribution >= 0.6 is 15.9 Å². The minimum atomic E-state index is 0.621. The second kappa shape index (κ2) is 6.42. The number of halogens is 1. The second-order valence-corrected chi connectivity index (χ2v) is 6.92. The molecule has 2 aromatic rings. The molecule has 1 aliphatic heterocycles. The predicted octanol–water partition coefficient (Wildman–Crippen LogP) is 3.56. The molecule has 0 amide bonds. The fraction of sp³-hybridized carbons (Fsp3) is 0.471. The van der Waals surface area contributed by atoms with Gasteiger partial charge in [0.1, 0.15) is 0 Å². The number of benzene rings is 1. The summed E-state index contributed by atoms with van der Waals surface area (Å²) in [5.74, 6) is 0.635. The van der Waals surface area contributed by atoms with Crippen molar-refractivity contribution in [1.29, 1.82) is 0 Å². The van der Waals surface area contributed by atoms with Crippen molar-refractivity contribution < 1.29 is 0 Å². The summed E-state index contributed by atoms with van der Waals surface area (Å²) in [5, 5.41) is 1.19. The number of piperidine rings is 1. The maximum atomic E-state index is 5.87. The number of fused-ring (bicyclic) bond motifs is 1. The quantitative estimate of drug-likeness (QED) is 0.922. The van der Waals surface area contributed by atoms with Crippen LogP contribution in [0.1, 0.15) is 25.3 Å². The van der Waals surface area contributed by atoms with Crippen LogP contribution in [0.25, 0.3) is 10.9 Å². The number of pyridine rings is 1. The Morgan fingerprint density at radius 1 is 1.33 bits per heavy atom. The van der Waals surface area contributed by atoms with E-state index in [0.29, 0.717) is 12.0 Å². The molecule has 0 radical (unpaired) electrons. The highest BCUT2D eigenvalue weighted by molar-refractivity contribution is 9.10. The maximum Gasteiger partial charge on any atom is 0.0758 e. The summed E-state index contributed by atoms with van der Waals surface area (Å²) < 4.78 is 1.11. The van der Waals surface area contributed by atoms with Crippen LogP contribution in [0, 0.1) is 5.92 Å². The highest BCUT2D eigenvalue weighted by atomic mass is 79.9. The smallest absolute Gasteiger partial charge is 0.0758 e. The lowest BCUT2D eigenvalue weighted by atomic mass is 9.93. The van der Waals surface area contributed by atoms with E-state index in [1.165, 1.54) is 23.8 Å². The number of nitrogens with zero attached hydrogens (tertiary/aromatic N) is 2. The number of hydrogen-bond donors (Lipinski definition) is 1. The van der Waals surface area contributed by atoms with Gasteiger partial charge < -0.3 is 5.73 Å². The Kier molecular flexibility index (Phi) is 4.57. The van der Waals surface area contributed by atoms with Crippen LogP contribution in [0.2, 0.25) is 0 Å². The normalized spacial score (nSPS) is 23.6. The molecule has 112 valence electrons. The zero-order valence-corrected chi connectivity index (χ0v) is 14.0. The molecule has 0 aliphatic carbocycles. The lowest BCUT2D eigenvalue weighted by Gasteiger charge is -2.37. The highest BCUT2D eigenvalue weighted by Crippen LogP contribution is 2.28. The minimum absolute atomic E-state index is 0.621. The predicted molar refractivity (Wildman–Crippen MR) is 91.1 cm³/mol. The number of nitrogens with two attached hydrogens (primary N) is 1. The van der Waals surface area contributed by atoms with E-state index in [-0.39, 0.29) is 0 Å². The van der Waals surface area contributed by atoms with E-state index in [1.807, 2.05) is 12.3 Å². The van der Waals surface area contributed by atoms with Gasteiger partial charge in [-0.25, -0.2) is 0 Å². The fourth-order valence-corrected chi connectivity index (χ4v) is 3.67. The Labute approximate surface area is 134 Å². The zero-order valence-electron chi connectivity index (χ0n) is 12.4. The van der Waals surface area contributed by atoms with Crippen LogP contribution in [0.15, 0.2) is 34.9 Å². The number of likely N-dealkylation sites (tertiary alicyclic amines) is 1. The Hall–Kier alpha value is -0.970. The SMILES string of the molecule is CC1CCC(CN)CN1Cc1ccc(Br)c2cccnc12. The minimum Gasteiger partial charge on any atom is -0.330 e. The van der Waals surface area contributed by atoms with Gasteiger partial charge in [0.25, 0.3) is 0 Å². The van der Waals surface area contributed by atoms with Gasteiger partial charge in [0.15, 0.2) is 0 Å². The van der Waals surface area contributed by atoms with Gasteiger partial charge in [-0.15, -0.1) is 0 Å². The van der Waals surface area contributed by atoms with Crippen molar-refractivity contribution in [1.82, 2.24) is 9.88 Å². The van der Waals surface area contributed by atoms with Gasteiger partial charge in [0.05, 0.1) is 5.52 Å². The fourth-order valence-electron chi connectivity index (χ4n) is 3.22. The molecule has 1 aromatic heterocycles. The molecule has 4 heteroatoms. The third-order valence-corrected chi connectivity index (χ3v) is 5.31. The zero-order chi connectivity index (χ0) is 14.8. The molecule has 1 saturated heterocycles. The molecule has 2 N–H and O–H groups in total. The topological polar surface area (TPSA) is 42.1 Å². The summed E-state index contributed by atoms with van der Waals surface area (Å²) >= 11 is 3.62. The Morgan fingerprint density at radius 3 is 3.00 bits per heavy atom. The molecule has 1 fully saturated rings. The first-order valence-corrected chi connectivity index (χ1v) is 8.44. The monoisotopic (exact) mass is 347 g/mol. The van der Waals surface area contributed by atoms with E-state index in [4.69, 9.17) is 5.73 Å². The second-order valence-electron chi connectivity index (χ2n) is 6.06. The number of aromatic nitrogens is 1.